The highest BCUT2D eigenvalue weighted by atomic mass is 16.2. The number of aromatic nitrogens is 1. The molecule has 0 aromatic carbocycles. The van der Waals surface area contributed by atoms with Crippen LogP contribution in [0, 0.1) is 5.92 Å². The summed E-state index contributed by atoms with van der Waals surface area (Å²) in [7, 11) is 3.97. The number of likely N-dealkylation sites (tertiary alicyclic amines) is 1. The molecule has 25 heavy (non-hydrogen) atoms. The lowest BCUT2D eigenvalue weighted by molar-refractivity contribution is 0.0793. The molecule has 5 nitrogen and oxygen atoms in total. The van der Waals surface area contributed by atoms with Gasteiger partial charge in [-0.25, -0.2) is 4.98 Å². The number of fused-ring (bicyclic) bond motifs is 1. The van der Waals surface area contributed by atoms with E-state index in [4.69, 9.17) is 4.98 Å². The lowest BCUT2D eigenvalue weighted by Gasteiger charge is -2.22. The Bertz CT molecular complexity index is 620. The molecule has 0 atom stereocenters. The van der Waals surface area contributed by atoms with Crippen LogP contribution in [0.2, 0.25) is 0 Å². The van der Waals surface area contributed by atoms with Crippen molar-refractivity contribution in [1.82, 2.24) is 14.8 Å². The second kappa shape index (κ2) is 7.73. The van der Waals surface area contributed by atoms with Gasteiger partial charge in [0, 0.05) is 58.9 Å². The van der Waals surface area contributed by atoms with Crippen LogP contribution >= 0.6 is 0 Å². The Kier molecular flexibility index (Phi) is 5.62. The highest BCUT2D eigenvalue weighted by Crippen LogP contribution is 2.26. The maximum Gasteiger partial charge on any atom is 0.257 e. The molecular formula is C20H32N4O. The van der Waals surface area contributed by atoms with Crippen molar-refractivity contribution in [3.05, 3.63) is 22.9 Å². The first-order chi connectivity index (χ1) is 12.0. The molecule has 0 aliphatic carbocycles. The first kappa shape index (κ1) is 18.2. The van der Waals surface area contributed by atoms with Crippen molar-refractivity contribution in [2.45, 2.75) is 39.5 Å². The largest absolute Gasteiger partial charge is 0.362 e. The van der Waals surface area contributed by atoms with Gasteiger partial charge < -0.3 is 14.7 Å². The van der Waals surface area contributed by atoms with Crippen molar-refractivity contribution in [3.63, 3.8) is 0 Å². The zero-order valence-electron chi connectivity index (χ0n) is 16.2. The number of pyridine rings is 1. The number of amides is 1. The molecule has 0 saturated carbocycles. The molecular weight excluding hydrogens is 312 g/mol. The van der Waals surface area contributed by atoms with E-state index < -0.39 is 0 Å². The van der Waals surface area contributed by atoms with E-state index >= 15 is 0 Å². The SMILES string of the molecule is CC(C)CN1CCc2cc(C(=O)N3CCCC3)c(N(C)C)nc2CC1. The van der Waals surface area contributed by atoms with E-state index in [-0.39, 0.29) is 5.91 Å². The van der Waals surface area contributed by atoms with Gasteiger partial charge in [-0.2, -0.15) is 0 Å². The molecule has 1 fully saturated rings. The third kappa shape index (κ3) is 4.14. The smallest absolute Gasteiger partial charge is 0.257 e. The lowest BCUT2D eigenvalue weighted by atomic mass is 10.0. The fourth-order valence-corrected chi connectivity index (χ4v) is 3.96. The van der Waals surface area contributed by atoms with Gasteiger partial charge in [-0.15, -0.1) is 0 Å². The summed E-state index contributed by atoms with van der Waals surface area (Å²) in [5, 5.41) is 0. The second-order valence-corrected chi connectivity index (χ2v) is 8.05. The number of nitrogens with zero attached hydrogens (tertiary/aromatic N) is 4. The number of rotatable bonds is 4. The number of carbonyl (C=O) groups is 1. The summed E-state index contributed by atoms with van der Waals surface area (Å²) in [6.07, 6.45) is 4.20. The first-order valence-electron chi connectivity index (χ1n) is 9.67. The van der Waals surface area contributed by atoms with Crippen LogP contribution in [0.3, 0.4) is 0 Å². The van der Waals surface area contributed by atoms with Crippen LogP contribution in [0.5, 0.6) is 0 Å². The van der Waals surface area contributed by atoms with Gasteiger partial charge in [0.05, 0.1) is 5.56 Å². The van der Waals surface area contributed by atoms with E-state index in [2.05, 4.69) is 24.8 Å². The minimum Gasteiger partial charge on any atom is -0.362 e. The average molecular weight is 345 g/mol. The minimum atomic E-state index is 0.153. The van der Waals surface area contributed by atoms with E-state index in [1.165, 1.54) is 11.3 Å². The monoisotopic (exact) mass is 344 g/mol. The summed E-state index contributed by atoms with van der Waals surface area (Å²) < 4.78 is 0. The van der Waals surface area contributed by atoms with Crippen molar-refractivity contribution in [2.24, 2.45) is 5.92 Å². The Morgan fingerprint density at radius 3 is 2.48 bits per heavy atom. The molecule has 0 spiro atoms. The van der Waals surface area contributed by atoms with Crippen molar-refractivity contribution >= 4 is 11.7 Å². The third-order valence-corrected chi connectivity index (χ3v) is 5.20. The van der Waals surface area contributed by atoms with E-state index in [9.17, 15) is 4.79 Å². The van der Waals surface area contributed by atoms with Gasteiger partial charge >= 0.3 is 0 Å². The highest BCUT2D eigenvalue weighted by Gasteiger charge is 2.26. The molecule has 0 N–H and O–H groups in total. The van der Waals surface area contributed by atoms with Gasteiger partial charge in [0.2, 0.25) is 0 Å². The standard InChI is InChI=1S/C20H32N4O/c1-15(2)14-23-11-7-16-13-17(20(25)24-9-5-6-10-24)19(22(3)4)21-18(16)8-12-23/h13,15H,5-12,14H2,1-4H3. The van der Waals surface area contributed by atoms with Crippen molar-refractivity contribution in [3.8, 4) is 0 Å². The van der Waals surface area contributed by atoms with Gasteiger partial charge in [0.1, 0.15) is 5.82 Å². The molecule has 1 saturated heterocycles. The van der Waals surface area contributed by atoms with Gasteiger partial charge in [-0.1, -0.05) is 13.8 Å². The van der Waals surface area contributed by atoms with E-state index in [1.54, 1.807) is 0 Å². The van der Waals surface area contributed by atoms with Crippen molar-refractivity contribution in [1.29, 1.82) is 0 Å². The lowest BCUT2D eigenvalue weighted by Crippen LogP contribution is -2.30. The number of hydrogen-bond donors (Lipinski definition) is 0. The average Bonchev–Trinajstić information content (AvgIpc) is 3.03. The number of hydrogen-bond acceptors (Lipinski definition) is 4. The summed E-state index contributed by atoms with van der Waals surface area (Å²) in [6.45, 7) is 9.56. The zero-order chi connectivity index (χ0) is 18.0. The Morgan fingerprint density at radius 1 is 1.16 bits per heavy atom. The molecule has 0 bridgehead atoms. The van der Waals surface area contributed by atoms with Gasteiger partial charge in [-0.3, -0.25) is 4.79 Å². The first-order valence-corrected chi connectivity index (χ1v) is 9.67. The van der Waals surface area contributed by atoms with Crippen molar-refractivity contribution in [2.75, 3.05) is 51.7 Å². The number of carbonyl (C=O) groups excluding carboxylic acids is 1. The van der Waals surface area contributed by atoms with Crippen LogP contribution in [-0.2, 0) is 12.8 Å². The molecule has 0 unspecified atom stereocenters. The fraction of sp³-hybridized carbons (Fsp3) is 0.700. The summed E-state index contributed by atoms with van der Waals surface area (Å²) in [6, 6.07) is 2.14. The predicted molar refractivity (Wildman–Crippen MR) is 102 cm³/mol. The van der Waals surface area contributed by atoms with E-state index in [0.29, 0.717) is 5.92 Å². The molecule has 1 aromatic heterocycles. The maximum absolute atomic E-state index is 13.0. The number of anilines is 1. The molecule has 3 heterocycles. The summed E-state index contributed by atoms with van der Waals surface area (Å²) >= 11 is 0. The van der Waals surface area contributed by atoms with Crippen molar-refractivity contribution < 1.29 is 4.79 Å². The third-order valence-electron chi connectivity index (χ3n) is 5.20. The highest BCUT2D eigenvalue weighted by molar-refractivity contribution is 5.99. The topological polar surface area (TPSA) is 39.7 Å². The molecule has 2 aliphatic heterocycles. The Hall–Kier alpha value is -1.62. The second-order valence-electron chi connectivity index (χ2n) is 8.05. The molecule has 3 rings (SSSR count). The van der Waals surface area contributed by atoms with Crippen LogP contribution < -0.4 is 4.90 Å². The minimum absolute atomic E-state index is 0.153. The zero-order valence-corrected chi connectivity index (χ0v) is 16.2. The Balaban J connectivity index is 1.88. The van der Waals surface area contributed by atoms with Crippen LogP contribution in [0.1, 0.15) is 48.3 Å². The predicted octanol–water partition coefficient (Wildman–Crippen LogP) is 2.44. The van der Waals surface area contributed by atoms with Crippen LogP contribution in [-0.4, -0.2) is 67.5 Å². The normalized spacial score (nSPS) is 18.4. The Labute approximate surface area is 152 Å². The summed E-state index contributed by atoms with van der Waals surface area (Å²) in [5.74, 6) is 1.66. The quantitative estimate of drug-likeness (QED) is 0.841. The summed E-state index contributed by atoms with van der Waals surface area (Å²) in [4.78, 5) is 24.4. The molecule has 138 valence electrons. The van der Waals surface area contributed by atoms with Crippen LogP contribution in [0.15, 0.2) is 6.07 Å². The molecule has 1 amide bonds. The van der Waals surface area contributed by atoms with Gasteiger partial charge in [-0.05, 0) is 36.8 Å². The van der Waals surface area contributed by atoms with Gasteiger partial charge in [0.15, 0.2) is 0 Å². The summed E-state index contributed by atoms with van der Waals surface area (Å²) in [5.41, 5.74) is 3.22. The molecule has 5 heteroatoms. The molecule has 0 radical (unpaired) electrons. The van der Waals surface area contributed by atoms with E-state index in [1.807, 2.05) is 23.9 Å². The fourth-order valence-electron chi connectivity index (χ4n) is 3.96. The van der Waals surface area contributed by atoms with E-state index in [0.717, 1.165) is 69.8 Å². The Morgan fingerprint density at radius 2 is 1.84 bits per heavy atom. The molecule has 2 aliphatic rings. The van der Waals surface area contributed by atoms with Crippen LogP contribution in [0.4, 0.5) is 5.82 Å². The van der Waals surface area contributed by atoms with Gasteiger partial charge in [0.25, 0.3) is 5.91 Å². The molecule has 1 aromatic rings. The van der Waals surface area contributed by atoms with Crippen LogP contribution in [0.25, 0.3) is 0 Å². The maximum atomic E-state index is 13.0.